The standard InChI is InChI=1S/C19H20O3/c1-14-4-7-17(8-5-14)13-22-19-12-16(9-6-15(2)20)10-11-18(19)21-3/h4-12H,13H2,1-3H3. The number of aryl methyl sites for hydroxylation is 1. The number of ketones is 1. The van der Waals surface area contributed by atoms with Gasteiger partial charge in [-0.1, -0.05) is 42.0 Å². The topological polar surface area (TPSA) is 35.5 Å². The van der Waals surface area contributed by atoms with Crippen molar-refractivity contribution in [2.45, 2.75) is 20.5 Å². The molecule has 0 spiro atoms. The molecule has 114 valence electrons. The van der Waals surface area contributed by atoms with Gasteiger partial charge in [-0.25, -0.2) is 0 Å². The maximum atomic E-state index is 11.0. The molecular formula is C19H20O3. The molecular weight excluding hydrogens is 276 g/mol. The van der Waals surface area contributed by atoms with Crippen LogP contribution in [0.1, 0.15) is 23.6 Å². The second-order valence-corrected chi connectivity index (χ2v) is 5.13. The van der Waals surface area contributed by atoms with Crippen molar-refractivity contribution in [3.63, 3.8) is 0 Å². The molecule has 0 heterocycles. The Hall–Kier alpha value is -2.55. The quantitative estimate of drug-likeness (QED) is 0.750. The maximum Gasteiger partial charge on any atom is 0.162 e. The van der Waals surface area contributed by atoms with Gasteiger partial charge in [0.1, 0.15) is 6.61 Å². The van der Waals surface area contributed by atoms with Gasteiger partial charge in [0.05, 0.1) is 7.11 Å². The molecule has 2 aromatic carbocycles. The van der Waals surface area contributed by atoms with E-state index in [0.717, 1.165) is 11.1 Å². The molecule has 3 nitrogen and oxygen atoms in total. The van der Waals surface area contributed by atoms with Crippen molar-refractivity contribution < 1.29 is 14.3 Å². The van der Waals surface area contributed by atoms with Crippen LogP contribution in [-0.2, 0) is 11.4 Å². The number of hydrogen-bond acceptors (Lipinski definition) is 3. The summed E-state index contributed by atoms with van der Waals surface area (Å²) in [5, 5.41) is 0. The Labute approximate surface area is 131 Å². The van der Waals surface area contributed by atoms with Crippen LogP contribution < -0.4 is 9.47 Å². The van der Waals surface area contributed by atoms with Crippen LogP contribution in [0.25, 0.3) is 6.08 Å². The molecule has 0 atom stereocenters. The summed E-state index contributed by atoms with van der Waals surface area (Å²) in [6.07, 6.45) is 3.30. The lowest BCUT2D eigenvalue weighted by Crippen LogP contribution is -1.98. The minimum atomic E-state index is 0.0120. The van der Waals surface area contributed by atoms with Crippen molar-refractivity contribution in [3.05, 3.63) is 65.2 Å². The Morgan fingerprint density at radius 3 is 2.45 bits per heavy atom. The van der Waals surface area contributed by atoms with Gasteiger partial charge in [-0.2, -0.15) is 0 Å². The third-order valence-electron chi connectivity index (χ3n) is 3.21. The molecule has 22 heavy (non-hydrogen) atoms. The van der Waals surface area contributed by atoms with Gasteiger partial charge in [0, 0.05) is 0 Å². The predicted octanol–water partition coefficient (Wildman–Crippen LogP) is 4.18. The number of ether oxygens (including phenoxy) is 2. The fraction of sp³-hybridized carbons (Fsp3) is 0.211. The second kappa shape index (κ2) is 7.46. The van der Waals surface area contributed by atoms with E-state index in [-0.39, 0.29) is 5.78 Å². The van der Waals surface area contributed by atoms with Crippen LogP contribution in [0.3, 0.4) is 0 Å². The Balaban J connectivity index is 2.15. The highest BCUT2D eigenvalue weighted by Crippen LogP contribution is 2.29. The summed E-state index contributed by atoms with van der Waals surface area (Å²) in [4.78, 5) is 11.0. The van der Waals surface area contributed by atoms with Crippen molar-refractivity contribution in [1.82, 2.24) is 0 Å². The Morgan fingerprint density at radius 1 is 1.09 bits per heavy atom. The van der Waals surface area contributed by atoms with Gasteiger partial charge in [0.25, 0.3) is 0 Å². The molecule has 0 fully saturated rings. The minimum absolute atomic E-state index is 0.0120. The van der Waals surface area contributed by atoms with E-state index in [1.165, 1.54) is 18.6 Å². The van der Waals surface area contributed by atoms with Crippen LogP contribution in [0.15, 0.2) is 48.5 Å². The SMILES string of the molecule is COc1ccc(C=CC(C)=O)cc1OCc1ccc(C)cc1. The third kappa shape index (κ3) is 4.48. The average Bonchev–Trinajstić information content (AvgIpc) is 2.52. The van der Waals surface area contributed by atoms with Crippen LogP contribution in [0.2, 0.25) is 0 Å². The molecule has 2 rings (SSSR count). The summed E-state index contributed by atoms with van der Waals surface area (Å²) in [5.74, 6) is 1.35. The number of carbonyl (C=O) groups excluding carboxylic acids is 1. The molecule has 0 N–H and O–H groups in total. The first-order valence-corrected chi connectivity index (χ1v) is 7.13. The van der Waals surface area contributed by atoms with Crippen LogP contribution in [0.5, 0.6) is 11.5 Å². The van der Waals surface area contributed by atoms with Crippen molar-refractivity contribution in [1.29, 1.82) is 0 Å². The monoisotopic (exact) mass is 296 g/mol. The van der Waals surface area contributed by atoms with Gasteiger partial charge in [-0.05, 0) is 43.2 Å². The van der Waals surface area contributed by atoms with Crippen LogP contribution in [0, 0.1) is 6.92 Å². The zero-order chi connectivity index (χ0) is 15.9. The van der Waals surface area contributed by atoms with Gasteiger partial charge in [-0.3, -0.25) is 4.79 Å². The first kappa shape index (κ1) is 15.8. The molecule has 0 bridgehead atoms. The molecule has 0 aromatic heterocycles. The Kier molecular flexibility index (Phi) is 5.37. The maximum absolute atomic E-state index is 11.0. The van der Waals surface area contributed by atoms with Gasteiger partial charge < -0.3 is 9.47 Å². The minimum Gasteiger partial charge on any atom is -0.493 e. The van der Waals surface area contributed by atoms with Crippen LogP contribution in [-0.4, -0.2) is 12.9 Å². The van der Waals surface area contributed by atoms with Crippen LogP contribution in [0.4, 0.5) is 0 Å². The smallest absolute Gasteiger partial charge is 0.162 e. The lowest BCUT2D eigenvalue weighted by atomic mass is 10.1. The van der Waals surface area contributed by atoms with E-state index in [2.05, 4.69) is 19.1 Å². The van der Waals surface area contributed by atoms with E-state index in [4.69, 9.17) is 9.47 Å². The number of carbonyl (C=O) groups is 1. The van der Waals surface area contributed by atoms with Gasteiger partial charge in [-0.15, -0.1) is 0 Å². The van der Waals surface area contributed by atoms with Crippen molar-refractivity contribution in [2.24, 2.45) is 0 Å². The van der Waals surface area contributed by atoms with Gasteiger partial charge in [0.2, 0.25) is 0 Å². The van der Waals surface area contributed by atoms with Crippen molar-refractivity contribution in [3.8, 4) is 11.5 Å². The number of benzene rings is 2. The number of rotatable bonds is 6. The van der Waals surface area contributed by atoms with Crippen molar-refractivity contribution >= 4 is 11.9 Å². The predicted molar refractivity (Wildman–Crippen MR) is 88.2 cm³/mol. The lowest BCUT2D eigenvalue weighted by molar-refractivity contribution is -0.112. The Morgan fingerprint density at radius 2 is 1.82 bits per heavy atom. The van der Waals surface area contributed by atoms with E-state index < -0.39 is 0 Å². The first-order valence-electron chi connectivity index (χ1n) is 7.13. The summed E-state index contributed by atoms with van der Waals surface area (Å²) in [5.41, 5.74) is 3.21. The molecule has 0 aliphatic rings. The van der Waals surface area contributed by atoms with E-state index >= 15 is 0 Å². The zero-order valence-corrected chi connectivity index (χ0v) is 13.1. The number of hydrogen-bond donors (Lipinski definition) is 0. The van der Waals surface area contributed by atoms with E-state index in [1.807, 2.05) is 30.3 Å². The molecule has 0 aliphatic carbocycles. The van der Waals surface area contributed by atoms with Gasteiger partial charge >= 0.3 is 0 Å². The highest BCUT2D eigenvalue weighted by Gasteiger charge is 2.05. The van der Waals surface area contributed by atoms with E-state index in [1.54, 1.807) is 13.2 Å². The molecule has 2 aromatic rings. The number of allylic oxidation sites excluding steroid dienone is 1. The molecule has 3 heteroatoms. The summed E-state index contributed by atoms with van der Waals surface area (Å²) in [6, 6.07) is 13.8. The summed E-state index contributed by atoms with van der Waals surface area (Å²) in [7, 11) is 1.61. The van der Waals surface area contributed by atoms with Crippen LogP contribution >= 0.6 is 0 Å². The molecule has 0 radical (unpaired) electrons. The van der Waals surface area contributed by atoms with E-state index in [9.17, 15) is 4.79 Å². The normalized spacial score (nSPS) is 10.7. The van der Waals surface area contributed by atoms with Gasteiger partial charge in [0.15, 0.2) is 17.3 Å². The summed E-state index contributed by atoms with van der Waals surface area (Å²) < 4.78 is 11.2. The highest BCUT2D eigenvalue weighted by molar-refractivity contribution is 5.91. The molecule has 0 saturated heterocycles. The van der Waals surface area contributed by atoms with Crippen molar-refractivity contribution in [2.75, 3.05) is 7.11 Å². The van der Waals surface area contributed by atoms with E-state index in [0.29, 0.717) is 18.1 Å². The fourth-order valence-corrected chi connectivity index (χ4v) is 1.97. The molecule has 0 saturated carbocycles. The highest BCUT2D eigenvalue weighted by atomic mass is 16.5. The summed E-state index contributed by atoms with van der Waals surface area (Å²) >= 11 is 0. The number of methoxy groups -OCH3 is 1. The molecule has 0 aliphatic heterocycles. The first-order chi connectivity index (χ1) is 10.6. The average molecular weight is 296 g/mol. The Bertz CT molecular complexity index is 670. The molecule has 0 amide bonds. The largest absolute Gasteiger partial charge is 0.493 e. The second-order valence-electron chi connectivity index (χ2n) is 5.13. The third-order valence-corrected chi connectivity index (χ3v) is 3.21. The lowest BCUT2D eigenvalue weighted by Gasteiger charge is -2.11. The zero-order valence-electron chi connectivity index (χ0n) is 13.1. The fourth-order valence-electron chi connectivity index (χ4n) is 1.97. The molecule has 0 unspecified atom stereocenters. The summed E-state index contributed by atoms with van der Waals surface area (Å²) in [6.45, 7) is 4.05.